The van der Waals surface area contributed by atoms with Crippen LogP contribution in [0.1, 0.15) is 43.6 Å². The number of aryl methyl sites for hydroxylation is 1. The summed E-state index contributed by atoms with van der Waals surface area (Å²) in [6.07, 6.45) is -0.923. The smallest absolute Gasteiger partial charge is 0.338 e. The summed E-state index contributed by atoms with van der Waals surface area (Å²) in [6.45, 7) is 3.47. The van der Waals surface area contributed by atoms with Gasteiger partial charge < -0.3 is 10.1 Å². The van der Waals surface area contributed by atoms with Gasteiger partial charge in [0.2, 0.25) is 5.78 Å². The van der Waals surface area contributed by atoms with Crippen molar-refractivity contribution in [2.75, 3.05) is 5.32 Å². The molecule has 3 aromatic carbocycles. The van der Waals surface area contributed by atoms with Crippen LogP contribution in [0, 0.1) is 6.92 Å². The van der Waals surface area contributed by atoms with E-state index >= 15 is 0 Å². The first-order valence-electron chi connectivity index (χ1n) is 9.22. The third kappa shape index (κ3) is 5.17. The SMILES string of the molecule is Cc1ccc(C(=O)[C@H](C)OC(=O)c2cccc(NC(=O)c3ccccc3)c2)cc1. The average molecular weight is 387 g/mol. The Morgan fingerprint density at radius 2 is 1.45 bits per heavy atom. The van der Waals surface area contributed by atoms with Crippen LogP contribution in [-0.4, -0.2) is 23.8 Å². The second-order valence-corrected chi connectivity index (χ2v) is 6.68. The summed E-state index contributed by atoms with van der Waals surface area (Å²) in [5, 5.41) is 2.75. The molecule has 1 atom stereocenters. The number of anilines is 1. The van der Waals surface area contributed by atoms with E-state index in [0.29, 0.717) is 16.8 Å². The Bertz CT molecular complexity index is 1030. The largest absolute Gasteiger partial charge is 0.451 e. The van der Waals surface area contributed by atoms with Gasteiger partial charge >= 0.3 is 5.97 Å². The van der Waals surface area contributed by atoms with Crippen molar-refractivity contribution in [2.24, 2.45) is 0 Å². The number of hydrogen-bond donors (Lipinski definition) is 1. The Hall–Kier alpha value is -3.73. The van der Waals surface area contributed by atoms with Crippen LogP contribution in [-0.2, 0) is 4.74 Å². The quantitative estimate of drug-likeness (QED) is 0.493. The topological polar surface area (TPSA) is 72.5 Å². The molecule has 0 unspecified atom stereocenters. The van der Waals surface area contributed by atoms with Gasteiger partial charge in [-0.2, -0.15) is 0 Å². The molecule has 0 spiro atoms. The number of nitrogens with one attached hydrogen (secondary N) is 1. The highest BCUT2D eigenvalue weighted by Crippen LogP contribution is 2.15. The molecule has 5 nitrogen and oxygen atoms in total. The number of amides is 1. The molecule has 0 aliphatic rings. The van der Waals surface area contributed by atoms with Crippen LogP contribution in [0.15, 0.2) is 78.9 Å². The van der Waals surface area contributed by atoms with Gasteiger partial charge in [0.05, 0.1) is 5.56 Å². The average Bonchev–Trinajstić information content (AvgIpc) is 2.74. The second kappa shape index (κ2) is 8.97. The van der Waals surface area contributed by atoms with E-state index in [-0.39, 0.29) is 17.3 Å². The van der Waals surface area contributed by atoms with Gasteiger partial charge in [0.1, 0.15) is 0 Å². The fourth-order valence-corrected chi connectivity index (χ4v) is 2.75. The van der Waals surface area contributed by atoms with Crippen molar-refractivity contribution in [1.29, 1.82) is 0 Å². The number of ether oxygens (including phenoxy) is 1. The highest BCUT2D eigenvalue weighted by Gasteiger charge is 2.20. The van der Waals surface area contributed by atoms with E-state index in [0.717, 1.165) is 5.56 Å². The molecule has 0 fully saturated rings. The lowest BCUT2D eigenvalue weighted by Crippen LogP contribution is -2.24. The molecule has 1 N–H and O–H groups in total. The molecule has 5 heteroatoms. The predicted molar refractivity (Wildman–Crippen MR) is 111 cm³/mol. The summed E-state index contributed by atoms with van der Waals surface area (Å²) in [5.74, 6) is -1.18. The summed E-state index contributed by atoms with van der Waals surface area (Å²) in [6, 6.07) is 22.3. The van der Waals surface area contributed by atoms with Crippen molar-refractivity contribution in [3.8, 4) is 0 Å². The molecule has 0 saturated heterocycles. The minimum absolute atomic E-state index is 0.249. The minimum atomic E-state index is -0.923. The monoisotopic (exact) mass is 387 g/mol. The molecular formula is C24H21NO4. The number of rotatable bonds is 6. The summed E-state index contributed by atoms with van der Waals surface area (Å²) in [5.41, 5.74) is 2.75. The van der Waals surface area contributed by atoms with Crippen molar-refractivity contribution in [3.05, 3.63) is 101 Å². The Labute approximate surface area is 169 Å². The van der Waals surface area contributed by atoms with Gasteiger partial charge in [-0.15, -0.1) is 0 Å². The molecule has 0 aromatic heterocycles. The molecule has 0 heterocycles. The maximum atomic E-state index is 12.5. The van der Waals surface area contributed by atoms with Crippen LogP contribution >= 0.6 is 0 Å². The normalized spacial score (nSPS) is 11.4. The number of ketones is 1. The molecule has 0 aliphatic heterocycles. The predicted octanol–water partition coefficient (Wildman–Crippen LogP) is 4.68. The fourth-order valence-electron chi connectivity index (χ4n) is 2.75. The van der Waals surface area contributed by atoms with E-state index in [9.17, 15) is 14.4 Å². The van der Waals surface area contributed by atoms with Crippen LogP contribution in [0.4, 0.5) is 5.69 Å². The lowest BCUT2D eigenvalue weighted by atomic mass is 10.1. The van der Waals surface area contributed by atoms with E-state index in [2.05, 4.69) is 5.32 Å². The third-order valence-electron chi connectivity index (χ3n) is 4.38. The number of carbonyl (C=O) groups excluding carboxylic acids is 3. The molecule has 0 radical (unpaired) electrons. The molecule has 29 heavy (non-hydrogen) atoms. The Kier molecular flexibility index (Phi) is 6.19. The third-order valence-corrected chi connectivity index (χ3v) is 4.38. The van der Waals surface area contributed by atoms with E-state index in [1.165, 1.54) is 6.07 Å². The van der Waals surface area contributed by atoms with Crippen molar-refractivity contribution in [2.45, 2.75) is 20.0 Å². The standard InChI is InChI=1S/C24H21NO4/c1-16-11-13-18(14-12-16)22(26)17(2)29-24(28)20-9-6-10-21(15-20)25-23(27)19-7-4-3-5-8-19/h3-15,17H,1-2H3,(H,25,27)/t17-/m0/s1. The van der Waals surface area contributed by atoms with Gasteiger partial charge in [-0.1, -0.05) is 54.1 Å². The van der Waals surface area contributed by atoms with Crippen molar-refractivity contribution in [1.82, 2.24) is 0 Å². The van der Waals surface area contributed by atoms with Crippen molar-refractivity contribution < 1.29 is 19.1 Å². The minimum Gasteiger partial charge on any atom is -0.451 e. The zero-order valence-corrected chi connectivity index (χ0v) is 16.2. The highest BCUT2D eigenvalue weighted by atomic mass is 16.5. The molecule has 0 bridgehead atoms. The Balaban J connectivity index is 1.66. The maximum Gasteiger partial charge on any atom is 0.338 e. The van der Waals surface area contributed by atoms with Gasteiger partial charge in [-0.05, 0) is 44.2 Å². The van der Waals surface area contributed by atoms with Crippen LogP contribution in [0.2, 0.25) is 0 Å². The Morgan fingerprint density at radius 3 is 2.14 bits per heavy atom. The Morgan fingerprint density at radius 1 is 0.793 bits per heavy atom. The first-order valence-corrected chi connectivity index (χ1v) is 9.22. The van der Waals surface area contributed by atoms with Crippen LogP contribution in [0.5, 0.6) is 0 Å². The molecular weight excluding hydrogens is 366 g/mol. The number of carbonyl (C=O) groups is 3. The zero-order chi connectivity index (χ0) is 20.8. The van der Waals surface area contributed by atoms with Gasteiger partial charge in [0, 0.05) is 16.8 Å². The maximum absolute atomic E-state index is 12.5. The van der Waals surface area contributed by atoms with Gasteiger partial charge in [-0.3, -0.25) is 9.59 Å². The highest BCUT2D eigenvalue weighted by molar-refractivity contribution is 6.05. The van der Waals surface area contributed by atoms with E-state index in [1.54, 1.807) is 61.5 Å². The van der Waals surface area contributed by atoms with E-state index < -0.39 is 12.1 Å². The molecule has 0 saturated carbocycles. The van der Waals surface area contributed by atoms with Gasteiger partial charge in [-0.25, -0.2) is 4.79 Å². The van der Waals surface area contributed by atoms with Crippen LogP contribution < -0.4 is 5.32 Å². The summed E-state index contributed by atoms with van der Waals surface area (Å²) >= 11 is 0. The van der Waals surface area contributed by atoms with Crippen LogP contribution in [0.3, 0.4) is 0 Å². The van der Waals surface area contributed by atoms with Gasteiger partial charge in [0.15, 0.2) is 6.10 Å². The molecule has 3 rings (SSSR count). The number of esters is 1. The molecule has 146 valence electrons. The lowest BCUT2D eigenvalue weighted by molar-refractivity contribution is 0.0319. The molecule has 0 aliphatic carbocycles. The van der Waals surface area contributed by atoms with Crippen LogP contribution in [0.25, 0.3) is 0 Å². The van der Waals surface area contributed by atoms with Gasteiger partial charge in [0.25, 0.3) is 5.91 Å². The summed E-state index contributed by atoms with van der Waals surface area (Å²) < 4.78 is 5.33. The van der Waals surface area contributed by atoms with Crippen molar-refractivity contribution >= 4 is 23.3 Å². The summed E-state index contributed by atoms with van der Waals surface area (Å²) in [4.78, 5) is 37.2. The van der Waals surface area contributed by atoms with Crippen molar-refractivity contribution in [3.63, 3.8) is 0 Å². The first-order chi connectivity index (χ1) is 13.9. The van der Waals surface area contributed by atoms with E-state index in [1.807, 2.05) is 25.1 Å². The molecule has 3 aromatic rings. The number of Topliss-reactive ketones (excluding diaryl/α,β-unsaturated/α-hetero) is 1. The number of benzene rings is 3. The fraction of sp³-hybridized carbons (Fsp3) is 0.125. The lowest BCUT2D eigenvalue weighted by Gasteiger charge is -2.13. The van der Waals surface area contributed by atoms with E-state index in [4.69, 9.17) is 4.74 Å². The zero-order valence-electron chi connectivity index (χ0n) is 16.2. The molecule has 1 amide bonds. The first kappa shape index (κ1) is 20.0. The second-order valence-electron chi connectivity index (χ2n) is 6.68. The summed E-state index contributed by atoms with van der Waals surface area (Å²) in [7, 11) is 0. The number of hydrogen-bond acceptors (Lipinski definition) is 4.